The van der Waals surface area contributed by atoms with Gasteiger partial charge in [-0.3, -0.25) is 0 Å². The van der Waals surface area contributed by atoms with E-state index in [4.69, 9.17) is 8.60 Å². The van der Waals surface area contributed by atoms with E-state index < -0.39 is 21.9 Å². The van der Waals surface area contributed by atoms with Crippen molar-refractivity contribution in [3.8, 4) is 11.3 Å². The van der Waals surface area contributed by atoms with Gasteiger partial charge in [0.2, 0.25) is 0 Å². The first kappa shape index (κ1) is 23.5. The molecule has 5 rings (SSSR count). The molecule has 0 unspecified atom stereocenters. The van der Waals surface area contributed by atoms with Crippen molar-refractivity contribution in [1.29, 1.82) is 0 Å². The van der Waals surface area contributed by atoms with E-state index in [9.17, 15) is 22.7 Å². The molecule has 180 valence electrons. The molecule has 1 aromatic heterocycles. The SMILES string of the molecule is O=C(O)c1c(-c2ccc(F)cc2)oc2cc(NCOS(=O)(=O)c3cccc(Br)c3)c(C3CC3)cc12. The summed E-state index contributed by atoms with van der Waals surface area (Å²) < 4.78 is 50.1. The van der Waals surface area contributed by atoms with E-state index in [-0.39, 0.29) is 28.9 Å². The van der Waals surface area contributed by atoms with E-state index in [0.29, 0.717) is 26.7 Å². The van der Waals surface area contributed by atoms with Gasteiger partial charge in [0.25, 0.3) is 10.1 Å². The molecule has 0 saturated heterocycles. The third-order valence-electron chi connectivity index (χ3n) is 5.76. The molecule has 1 fully saturated rings. The number of carboxylic acid groups (broad SMARTS) is 1. The van der Waals surface area contributed by atoms with Gasteiger partial charge in [-0.1, -0.05) is 22.0 Å². The molecule has 0 bridgehead atoms. The summed E-state index contributed by atoms with van der Waals surface area (Å²) in [5.41, 5.74) is 2.19. The molecule has 7 nitrogen and oxygen atoms in total. The van der Waals surface area contributed by atoms with Crippen molar-refractivity contribution >= 4 is 48.7 Å². The van der Waals surface area contributed by atoms with Crippen molar-refractivity contribution in [3.05, 3.63) is 82.1 Å². The summed E-state index contributed by atoms with van der Waals surface area (Å²) in [6.45, 7) is -0.322. The van der Waals surface area contributed by atoms with Crippen molar-refractivity contribution in [2.75, 3.05) is 12.0 Å². The summed E-state index contributed by atoms with van der Waals surface area (Å²) in [6, 6.07) is 15.0. The second kappa shape index (κ2) is 9.10. The van der Waals surface area contributed by atoms with Crippen LogP contribution in [0.25, 0.3) is 22.3 Å². The minimum atomic E-state index is -3.99. The molecule has 2 N–H and O–H groups in total. The number of carbonyl (C=O) groups is 1. The largest absolute Gasteiger partial charge is 0.478 e. The molecule has 4 aromatic rings. The standard InChI is InChI=1S/C25H19BrFNO6S/c26-16-2-1-3-18(10-16)35(31,32)33-13-28-21-12-22-20(11-19(21)14-4-5-14)23(25(29)30)24(34-22)15-6-8-17(27)9-7-15/h1-3,6-12,14,28H,4-5,13H2,(H,29,30). The number of hydrogen-bond acceptors (Lipinski definition) is 6. The molecule has 10 heteroatoms. The number of aromatic carboxylic acids is 1. The van der Waals surface area contributed by atoms with Crippen LogP contribution in [0.2, 0.25) is 0 Å². The number of hydrogen-bond donors (Lipinski definition) is 2. The van der Waals surface area contributed by atoms with Gasteiger partial charge in [0, 0.05) is 27.2 Å². The van der Waals surface area contributed by atoms with E-state index in [1.54, 1.807) is 24.3 Å². The summed E-state index contributed by atoms with van der Waals surface area (Å²) in [4.78, 5) is 12.1. The van der Waals surface area contributed by atoms with Gasteiger partial charge in [0.1, 0.15) is 29.5 Å². The fraction of sp³-hybridized carbons (Fsp3) is 0.160. The number of rotatable bonds is 8. The smallest absolute Gasteiger partial charge is 0.340 e. The van der Waals surface area contributed by atoms with Gasteiger partial charge in [-0.15, -0.1) is 0 Å². The Balaban J connectivity index is 1.48. The molecule has 0 amide bonds. The van der Waals surface area contributed by atoms with Gasteiger partial charge in [0.15, 0.2) is 0 Å². The van der Waals surface area contributed by atoms with Crippen LogP contribution < -0.4 is 5.32 Å². The highest BCUT2D eigenvalue weighted by Gasteiger charge is 2.30. The van der Waals surface area contributed by atoms with Gasteiger partial charge in [0.05, 0.1) is 4.90 Å². The predicted molar refractivity (Wildman–Crippen MR) is 131 cm³/mol. The summed E-state index contributed by atoms with van der Waals surface area (Å²) in [7, 11) is -3.99. The Morgan fingerprint density at radius 2 is 1.89 bits per heavy atom. The molecule has 35 heavy (non-hydrogen) atoms. The Kier molecular flexibility index (Phi) is 6.12. The molecule has 0 aliphatic heterocycles. The molecule has 0 spiro atoms. The Bertz CT molecular complexity index is 1540. The molecule has 1 heterocycles. The Morgan fingerprint density at radius 3 is 2.54 bits per heavy atom. The number of carboxylic acids is 1. The van der Waals surface area contributed by atoms with Crippen LogP contribution in [0.1, 0.15) is 34.7 Å². The van der Waals surface area contributed by atoms with E-state index in [1.807, 2.05) is 0 Å². The van der Waals surface area contributed by atoms with Crippen LogP contribution in [0.15, 0.2) is 74.4 Å². The molecule has 1 aliphatic rings. The van der Waals surface area contributed by atoms with Crippen LogP contribution in [0.5, 0.6) is 0 Å². The number of furan rings is 1. The van der Waals surface area contributed by atoms with Crippen LogP contribution in [0, 0.1) is 5.82 Å². The lowest BCUT2D eigenvalue weighted by Crippen LogP contribution is -2.14. The first-order valence-corrected chi connectivity index (χ1v) is 12.9. The highest BCUT2D eigenvalue weighted by Crippen LogP contribution is 2.46. The topological polar surface area (TPSA) is 106 Å². The zero-order valence-corrected chi connectivity index (χ0v) is 20.5. The zero-order chi connectivity index (χ0) is 24.7. The summed E-state index contributed by atoms with van der Waals surface area (Å²) in [5.74, 6) is -1.26. The second-order valence-electron chi connectivity index (χ2n) is 8.18. The lowest BCUT2D eigenvalue weighted by Gasteiger charge is -2.13. The minimum Gasteiger partial charge on any atom is -0.478 e. The maximum Gasteiger partial charge on any atom is 0.340 e. The summed E-state index contributed by atoms with van der Waals surface area (Å²) in [6.07, 6.45) is 1.87. The zero-order valence-electron chi connectivity index (χ0n) is 18.1. The molecule has 0 atom stereocenters. The Labute approximate surface area is 208 Å². The fourth-order valence-corrected chi connectivity index (χ4v) is 5.35. The number of halogens is 2. The van der Waals surface area contributed by atoms with Crippen molar-refractivity contribution in [1.82, 2.24) is 0 Å². The van der Waals surface area contributed by atoms with E-state index in [0.717, 1.165) is 18.4 Å². The minimum absolute atomic E-state index is 0.00598. The lowest BCUT2D eigenvalue weighted by molar-refractivity contribution is 0.0699. The molecular weight excluding hydrogens is 541 g/mol. The van der Waals surface area contributed by atoms with Gasteiger partial charge >= 0.3 is 5.97 Å². The average Bonchev–Trinajstić information content (AvgIpc) is 3.59. The van der Waals surface area contributed by atoms with Gasteiger partial charge in [-0.25, -0.2) is 13.4 Å². The molecular formula is C25H19BrFNO6S. The molecule has 3 aromatic carbocycles. The maximum atomic E-state index is 13.4. The third kappa shape index (κ3) is 4.82. The van der Waals surface area contributed by atoms with Crippen LogP contribution >= 0.6 is 15.9 Å². The number of benzene rings is 3. The summed E-state index contributed by atoms with van der Waals surface area (Å²) in [5, 5.41) is 13.3. The van der Waals surface area contributed by atoms with Crippen LogP contribution in [-0.4, -0.2) is 26.2 Å². The van der Waals surface area contributed by atoms with E-state index in [1.165, 1.54) is 36.4 Å². The van der Waals surface area contributed by atoms with E-state index in [2.05, 4.69) is 21.2 Å². The number of anilines is 1. The third-order valence-corrected chi connectivity index (χ3v) is 7.51. The summed E-state index contributed by atoms with van der Waals surface area (Å²) >= 11 is 3.25. The maximum absolute atomic E-state index is 13.4. The van der Waals surface area contributed by atoms with Crippen molar-refractivity contribution in [2.45, 2.75) is 23.7 Å². The van der Waals surface area contributed by atoms with Crippen molar-refractivity contribution in [3.63, 3.8) is 0 Å². The molecule has 0 radical (unpaired) electrons. The lowest BCUT2D eigenvalue weighted by atomic mass is 10.0. The Hall–Kier alpha value is -3.21. The highest BCUT2D eigenvalue weighted by molar-refractivity contribution is 9.10. The van der Waals surface area contributed by atoms with Crippen LogP contribution in [-0.2, 0) is 14.3 Å². The van der Waals surface area contributed by atoms with Crippen molar-refractivity contribution < 1.29 is 31.3 Å². The molecule has 1 saturated carbocycles. The number of fused-ring (bicyclic) bond motifs is 1. The van der Waals surface area contributed by atoms with Crippen LogP contribution in [0.4, 0.5) is 10.1 Å². The fourth-order valence-electron chi connectivity index (χ4n) is 3.94. The molecule has 1 aliphatic carbocycles. The quantitative estimate of drug-likeness (QED) is 0.191. The van der Waals surface area contributed by atoms with E-state index >= 15 is 0 Å². The number of nitrogens with one attached hydrogen (secondary N) is 1. The first-order valence-electron chi connectivity index (χ1n) is 10.7. The van der Waals surface area contributed by atoms with Gasteiger partial charge < -0.3 is 14.8 Å². The normalized spacial score (nSPS) is 13.8. The van der Waals surface area contributed by atoms with Crippen molar-refractivity contribution in [2.24, 2.45) is 0 Å². The Morgan fingerprint density at radius 1 is 1.14 bits per heavy atom. The first-order chi connectivity index (χ1) is 16.7. The van der Waals surface area contributed by atoms with Crippen LogP contribution in [0.3, 0.4) is 0 Å². The predicted octanol–water partition coefficient (Wildman–Crippen LogP) is 6.35. The van der Waals surface area contributed by atoms with Gasteiger partial charge in [-0.2, -0.15) is 8.42 Å². The monoisotopic (exact) mass is 559 g/mol. The average molecular weight is 560 g/mol. The second-order valence-corrected chi connectivity index (χ2v) is 10.7. The highest BCUT2D eigenvalue weighted by atomic mass is 79.9. The van der Waals surface area contributed by atoms with Gasteiger partial charge in [-0.05, 0) is 72.9 Å².